The fourth-order valence-corrected chi connectivity index (χ4v) is 3.27. The van der Waals surface area contributed by atoms with E-state index in [4.69, 9.17) is 17.3 Å². The first-order valence-electron chi connectivity index (χ1n) is 8.50. The lowest BCUT2D eigenvalue weighted by atomic mass is 10.1. The number of hydrogen-bond donors (Lipinski definition) is 4. The molecule has 0 saturated carbocycles. The lowest BCUT2D eigenvalue weighted by Gasteiger charge is -2.10. The Hall–Kier alpha value is -3.36. The van der Waals surface area contributed by atoms with Gasteiger partial charge in [0.2, 0.25) is 0 Å². The van der Waals surface area contributed by atoms with Gasteiger partial charge in [0.25, 0.3) is 11.8 Å². The van der Waals surface area contributed by atoms with Crippen molar-refractivity contribution in [3.8, 4) is 0 Å². The van der Waals surface area contributed by atoms with Gasteiger partial charge >= 0.3 is 6.03 Å². The zero-order valence-corrected chi connectivity index (χ0v) is 16.6. The van der Waals surface area contributed by atoms with E-state index in [-0.39, 0.29) is 18.4 Å². The summed E-state index contributed by atoms with van der Waals surface area (Å²) < 4.78 is 0. The monoisotopic (exact) mass is 428 g/mol. The van der Waals surface area contributed by atoms with Crippen molar-refractivity contribution in [2.24, 2.45) is 5.73 Å². The van der Waals surface area contributed by atoms with Crippen molar-refractivity contribution < 1.29 is 14.4 Å². The second-order valence-corrected chi connectivity index (χ2v) is 7.35. The molecule has 0 unspecified atom stereocenters. The summed E-state index contributed by atoms with van der Waals surface area (Å²) in [5, 5.41) is 10.1. The topological polar surface area (TPSA) is 113 Å². The number of amides is 4. The largest absolute Gasteiger partial charge is 0.351 e. The molecule has 5 N–H and O–H groups in total. The molecule has 29 heavy (non-hydrogen) atoms. The van der Waals surface area contributed by atoms with Gasteiger partial charge in [-0.25, -0.2) is 4.79 Å². The first-order chi connectivity index (χ1) is 13.9. The summed E-state index contributed by atoms with van der Waals surface area (Å²) in [4.78, 5) is 36.1. The molecule has 0 spiro atoms. The van der Waals surface area contributed by atoms with Crippen molar-refractivity contribution in [2.75, 3.05) is 10.6 Å². The molecule has 0 atom stereocenters. The molecule has 3 rings (SSSR count). The first-order valence-corrected chi connectivity index (χ1v) is 9.76. The van der Waals surface area contributed by atoms with Crippen LogP contribution in [0.1, 0.15) is 25.6 Å². The molecule has 1 heterocycles. The Bertz CT molecular complexity index is 1040. The lowest BCUT2D eigenvalue weighted by Crippen LogP contribution is -2.23. The summed E-state index contributed by atoms with van der Waals surface area (Å²) >= 11 is 7.46. The number of urea groups is 1. The minimum absolute atomic E-state index is 0.287. The van der Waals surface area contributed by atoms with Crippen molar-refractivity contribution in [1.82, 2.24) is 5.32 Å². The lowest BCUT2D eigenvalue weighted by molar-refractivity contribution is 0.0949. The van der Waals surface area contributed by atoms with E-state index >= 15 is 0 Å². The molecule has 9 heteroatoms. The van der Waals surface area contributed by atoms with Crippen LogP contribution in [-0.4, -0.2) is 17.8 Å². The highest BCUT2D eigenvalue weighted by Crippen LogP contribution is 2.24. The molecule has 7 nitrogen and oxygen atoms in total. The molecule has 1 aromatic heterocycles. The summed E-state index contributed by atoms with van der Waals surface area (Å²) in [6, 6.07) is 14.4. The van der Waals surface area contributed by atoms with Gasteiger partial charge in [-0.3, -0.25) is 9.59 Å². The van der Waals surface area contributed by atoms with Gasteiger partial charge in [-0.1, -0.05) is 29.8 Å². The number of thiophene rings is 1. The minimum atomic E-state index is -0.643. The van der Waals surface area contributed by atoms with Crippen LogP contribution in [0.3, 0.4) is 0 Å². The maximum absolute atomic E-state index is 12.5. The highest BCUT2D eigenvalue weighted by atomic mass is 35.5. The Kier molecular flexibility index (Phi) is 6.48. The fraction of sp³-hybridized carbons (Fsp3) is 0.0500. The van der Waals surface area contributed by atoms with Crippen molar-refractivity contribution in [1.29, 1.82) is 0 Å². The number of nitrogens with two attached hydrogens (primary N) is 1. The van der Waals surface area contributed by atoms with E-state index in [1.54, 1.807) is 53.9 Å². The zero-order chi connectivity index (χ0) is 20.8. The zero-order valence-electron chi connectivity index (χ0n) is 15.1. The van der Waals surface area contributed by atoms with Crippen LogP contribution in [-0.2, 0) is 6.54 Å². The molecule has 148 valence electrons. The average Bonchev–Trinajstić information content (AvgIpc) is 3.23. The van der Waals surface area contributed by atoms with Crippen LogP contribution in [0, 0.1) is 0 Å². The van der Waals surface area contributed by atoms with E-state index in [0.717, 1.165) is 5.56 Å². The molecule has 4 amide bonds. The van der Waals surface area contributed by atoms with Crippen LogP contribution < -0.4 is 21.7 Å². The maximum Gasteiger partial charge on any atom is 0.316 e. The van der Waals surface area contributed by atoms with Gasteiger partial charge in [-0.2, -0.15) is 0 Å². The number of anilines is 2. The van der Waals surface area contributed by atoms with E-state index in [0.29, 0.717) is 26.8 Å². The van der Waals surface area contributed by atoms with Crippen molar-refractivity contribution in [2.45, 2.75) is 6.54 Å². The third-order valence-corrected chi connectivity index (χ3v) is 5.09. The van der Waals surface area contributed by atoms with E-state index in [1.165, 1.54) is 17.4 Å². The van der Waals surface area contributed by atoms with Crippen LogP contribution in [0.2, 0.25) is 5.02 Å². The van der Waals surface area contributed by atoms with E-state index in [9.17, 15) is 14.4 Å². The van der Waals surface area contributed by atoms with Crippen LogP contribution in [0.5, 0.6) is 0 Å². The quantitative estimate of drug-likeness (QED) is 0.474. The van der Waals surface area contributed by atoms with Crippen molar-refractivity contribution >= 4 is 52.2 Å². The summed E-state index contributed by atoms with van der Waals surface area (Å²) in [6.07, 6.45) is 0. The molecule has 0 radical (unpaired) electrons. The molecule has 0 saturated heterocycles. The van der Waals surface area contributed by atoms with Crippen LogP contribution >= 0.6 is 22.9 Å². The number of primary amides is 1. The molecule has 3 aromatic rings. The predicted octanol–water partition coefficient (Wildman–Crippen LogP) is 4.07. The third-order valence-electron chi connectivity index (χ3n) is 3.90. The van der Waals surface area contributed by atoms with Gasteiger partial charge in [0.05, 0.1) is 15.6 Å². The molecular weight excluding hydrogens is 412 g/mol. The summed E-state index contributed by atoms with van der Waals surface area (Å²) in [6.45, 7) is 0.287. The number of benzene rings is 2. The van der Waals surface area contributed by atoms with Crippen LogP contribution in [0.15, 0.2) is 60.0 Å². The number of halogens is 1. The first kappa shape index (κ1) is 20.4. The van der Waals surface area contributed by atoms with Gasteiger partial charge in [0, 0.05) is 17.8 Å². The van der Waals surface area contributed by atoms with Crippen LogP contribution in [0.25, 0.3) is 0 Å². The average molecular weight is 429 g/mol. The highest BCUT2D eigenvalue weighted by Gasteiger charge is 2.13. The molecule has 0 fully saturated rings. The van der Waals surface area contributed by atoms with Gasteiger partial charge in [-0.15, -0.1) is 11.3 Å². The standard InChI is InChI=1S/C20H17ClN4O3S/c21-15-8-5-13(10-16(15)25-19(27)17-2-1-9-29-17)18(26)23-11-12-3-6-14(7-4-12)24-20(22)28/h1-10H,11H2,(H,23,26)(H,25,27)(H3,22,24,28). The molecule has 0 aliphatic heterocycles. The van der Waals surface area contributed by atoms with Gasteiger partial charge in [0.15, 0.2) is 0 Å². The summed E-state index contributed by atoms with van der Waals surface area (Å²) in [5.41, 5.74) is 7.20. The number of rotatable bonds is 6. The summed E-state index contributed by atoms with van der Waals surface area (Å²) in [5.74, 6) is -0.600. The van der Waals surface area contributed by atoms with Crippen molar-refractivity contribution in [3.63, 3.8) is 0 Å². The number of hydrogen-bond acceptors (Lipinski definition) is 4. The van der Waals surface area contributed by atoms with E-state index < -0.39 is 6.03 Å². The highest BCUT2D eigenvalue weighted by molar-refractivity contribution is 7.12. The molecule has 0 aliphatic rings. The van der Waals surface area contributed by atoms with E-state index in [1.807, 2.05) is 0 Å². The van der Waals surface area contributed by atoms with Gasteiger partial charge in [-0.05, 0) is 47.3 Å². The third kappa shape index (κ3) is 5.56. The Balaban J connectivity index is 1.63. The number of carbonyl (C=O) groups excluding carboxylic acids is 3. The summed E-state index contributed by atoms with van der Waals surface area (Å²) in [7, 11) is 0. The Morgan fingerprint density at radius 1 is 0.966 bits per heavy atom. The molecule has 0 bridgehead atoms. The number of nitrogens with one attached hydrogen (secondary N) is 3. The smallest absolute Gasteiger partial charge is 0.316 e. The molecule has 2 aromatic carbocycles. The van der Waals surface area contributed by atoms with Gasteiger partial charge < -0.3 is 21.7 Å². The second kappa shape index (κ2) is 9.22. The number of carbonyl (C=O) groups is 3. The van der Waals surface area contributed by atoms with Gasteiger partial charge in [0.1, 0.15) is 0 Å². The predicted molar refractivity (Wildman–Crippen MR) is 115 cm³/mol. The Morgan fingerprint density at radius 3 is 2.38 bits per heavy atom. The normalized spacial score (nSPS) is 10.2. The SMILES string of the molecule is NC(=O)Nc1ccc(CNC(=O)c2ccc(Cl)c(NC(=O)c3cccs3)c2)cc1. The fourth-order valence-electron chi connectivity index (χ4n) is 2.49. The second-order valence-electron chi connectivity index (χ2n) is 5.99. The molecular formula is C20H17ClN4O3S. The Labute approximate surface area is 175 Å². The van der Waals surface area contributed by atoms with E-state index in [2.05, 4.69) is 16.0 Å². The molecule has 0 aliphatic carbocycles. The van der Waals surface area contributed by atoms with Crippen molar-refractivity contribution in [3.05, 3.63) is 81.0 Å². The maximum atomic E-state index is 12.5. The minimum Gasteiger partial charge on any atom is -0.351 e. The Morgan fingerprint density at radius 2 is 1.72 bits per heavy atom. The van der Waals surface area contributed by atoms with Crippen LogP contribution in [0.4, 0.5) is 16.2 Å².